The van der Waals surface area contributed by atoms with Gasteiger partial charge in [0, 0.05) is 0 Å². The lowest BCUT2D eigenvalue weighted by molar-refractivity contribution is 0.476. The van der Waals surface area contributed by atoms with Crippen LogP contribution in [0.3, 0.4) is 0 Å². The Balaban J connectivity index is 2.67. The smallest absolute Gasteiger partial charge is 0.126 e. The van der Waals surface area contributed by atoms with Crippen LogP contribution in [0.4, 0.5) is 4.39 Å². The lowest BCUT2D eigenvalue weighted by Crippen LogP contribution is -2.03. The fraction of sp³-hybridized carbons (Fsp3) is 0.500. The molecule has 0 atom stereocenters. The van der Waals surface area contributed by atoms with Crippen LogP contribution in [0.2, 0.25) is 0 Å². The lowest BCUT2D eigenvalue weighted by Gasteiger charge is -2.12. The van der Waals surface area contributed by atoms with Crippen molar-refractivity contribution in [3.05, 3.63) is 35.6 Å². The second-order valence-corrected chi connectivity index (χ2v) is 3.48. The molecule has 0 radical (unpaired) electrons. The van der Waals surface area contributed by atoms with Gasteiger partial charge in [-0.3, -0.25) is 0 Å². The molecule has 0 aliphatic heterocycles. The molecule has 0 N–H and O–H groups in total. The lowest BCUT2D eigenvalue weighted by atomic mass is 9.94. The molecule has 1 heteroatoms. The largest absolute Gasteiger partial charge is 0.207 e. The van der Waals surface area contributed by atoms with E-state index in [1.807, 2.05) is 12.1 Å². The van der Waals surface area contributed by atoms with Crippen LogP contribution in [0.15, 0.2) is 24.3 Å². The molecule has 13 heavy (non-hydrogen) atoms. The van der Waals surface area contributed by atoms with Crippen LogP contribution in [-0.4, -0.2) is 0 Å². The van der Waals surface area contributed by atoms with E-state index in [-0.39, 0.29) is 5.82 Å². The van der Waals surface area contributed by atoms with Crippen LogP contribution in [-0.2, 0) is 6.42 Å². The Bertz CT molecular complexity index is 251. The van der Waals surface area contributed by atoms with Crippen molar-refractivity contribution in [2.45, 2.75) is 33.1 Å². The summed E-state index contributed by atoms with van der Waals surface area (Å²) in [5.41, 5.74) is 0.858. The zero-order valence-corrected chi connectivity index (χ0v) is 8.39. The van der Waals surface area contributed by atoms with Crippen molar-refractivity contribution in [1.82, 2.24) is 0 Å². The topological polar surface area (TPSA) is 0 Å². The Hall–Kier alpha value is -0.850. The van der Waals surface area contributed by atoms with Gasteiger partial charge in [0.15, 0.2) is 0 Å². The maximum Gasteiger partial charge on any atom is 0.126 e. The van der Waals surface area contributed by atoms with Crippen molar-refractivity contribution in [3.63, 3.8) is 0 Å². The second-order valence-electron chi connectivity index (χ2n) is 3.48. The Morgan fingerprint density at radius 1 is 1.15 bits per heavy atom. The normalized spacial score (nSPS) is 10.8. The van der Waals surface area contributed by atoms with E-state index in [1.54, 1.807) is 6.07 Å². The molecule has 0 heterocycles. The molecule has 72 valence electrons. The number of rotatable bonds is 4. The first kappa shape index (κ1) is 10.2. The fourth-order valence-electron chi connectivity index (χ4n) is 1.55. The summed E-state index contributed by atoms with van der Waals surface area (Å²) in [5.74, 6) is 0.561. The molecular formula is C12H17F. The molecule has 0 amide bonds. The molecule has 0 unspecified atom stereocenters. The van der Waals surface area contributed by atoms with E-state index in [9.17, 15) is 4.39 Å². The zero-order chi connectivity index (χ0) is 9.68. The number of benzene rings is 1. The molecule has 1 aromatic carbocycles. The van der Waals surface area contributed by atoms with Gasteiger partial charge in [-0.05, 0) is 24.0 Å². The molecule has 0 aromatic heterocycles. The standard InChI is InChI=1S/C12H17F/c1-3-10(4-2)9-11-7-5-6-8-12(11)13/h5-8,10H,3-4,9H2,1-2H3. The van der Waals surface area contributed by atoms with Gasteiger partial charge in [-0.25, -0.2) is 4.39 Å². The van der Waals surface area contributed by atoms with Crippen molar-refractivity contribution in [1.29, 1.82) is 0 Å². The summed E-state index contributed by atoms with van der Waals surface area (Å²) in [7, 11) is 0. The summed E-state index contributed by atoms with van der Waals surface area (Å²) in [5, 5.41) is 0. The highest BCUT2D eigenvalue weighted by molar-refractivity contribution is 5.17. The first-order chi connectivity index (χ1) is 6.27. The summed E-state index contributed by atoms with van der Waals surface area (Å²) < 4.78 is 13.2. The van der Waals surface area contributed by atoms with Crippen LogP contribution in [0.5, 0.6) is 0 Å². The molecule has 0 aliphatic carbocycles. The highest BCUT2D eigenvalue weighted by atomic mass is 19.1. The Kier molecular flexibility index (Phi) is 3.94. The van der Waals surface area contributed by atoms with Gasteiger partial charge < -0.3 is 0 Å². The third kappa shape index (κ3) is 2.83. The summed E-state index contributed by atoms with van der Waals surface area (Å²) in [6.07, 6.45) is 3.13. The minimum Gasteiger partial charge on any atom is -0.207 e. The van der Waals surface area contributed by atoms with Gasteiger partial charge in [0.05, 0.1) is 0 Å². The van der Waals surface area contributed by atoms with E-state index in [0.717, 1.165) is 24.8 Å². The second kappa shape index (κ2) is 5.00. The maximum atomic E-state index is 13.2. The predicted octanol–water partition coefficient (Wildman–Crippen LogP) is 3.80. The minimum absolute atomic E-state index is 0.0607. The van der Waals surface area contributed by atoms with Crippen molar-refractivity contribution in [2.75, 3.05) is 0 Å². The van der Waals surface area contributed by atoms with Crippen molar-refractivity contribution >= 4 is 0 Å². The van der Waals surface area contributed by atoms with E-state index in [1.165, 1.54) is 6.07 Å². The van der Waals surface area contributed by atoms with E-state index in [2.05, 4.69) is 13.8 Å². The van der Waals surface area contributed by atoms with E-state index >= 15 is 0 Å². The van der Waals surface area contributed by atoms with Crippen molar-refractivity contribution in [2.24, 2.45) is 5.92 Å². The summed E-state index contributed by atoms with van der Waals surface area (Å²) in [4.78, 5) is 0. The maximum absolute atomic E-state index is 13.2. The number of hydrogen-bond donors (Lipinski definition) is 0. The molecule has 0 saturated carbocycles. The highest BCUT2D eigenvalue weighted by Gasteiger charge is 2.07. The number of halogens is 1. The highest BCUT2D eigenvalue weighted by Crippen LogP contribution is 2.17. The molecule has 0 aliphatic rings. The summed E-state index contributed by atoms with van der Waals surface area (Å²) in [6.45, 7) is 4.32. The molecule has 1 rings (SSSR count). The van der Waals surface area contributed by atoms with Crippen LogP contribution < -0.4 is 0 Å². The van der Waals surface area contributed by atoms with Crippen LogP contribution >= 0.6 is 0 Å². The number of hydrogen-bond acceptors (Lipinski definition) is 0. The monoisotopic (exact) mass is 180 g/mol. The van der Waals surface area contributed by atoms with Gasteiger partial charge >= 0.3 is 0 Å². The average molecular weight is 180 g/mol. The molecule has 0 spiro atoms. The minimum atomic E-state index is -0.0607. The third-order valence-electron chi connectivity index (χ3n) is 2.62. The quantitative estimate of drug-likeness (QED) is 0.661. The van der Waals surface area contributed by atoms with Gasteiger partial charge in [-0.1, -0.05) is 44.9 Å². The molecule has 0 nitrogen and oxygen atoms in total. The van der Waals surface area contributed by atoms with Gasteiger partial charge in [-0.15, -0.1) is 0 Å². The van der Waals surface area contributed by atoms with E-state index < -0.39 is 0 Å². The average Bonchev–Trinajstić information content (AvgIpc) is 2.17. The fourth-order valence-corrected chi connectivity index (χ4v) is 1.55. The van der Waals surface area contributed by atoms with Crippen molar-refractivity contribution in [3.8, 4) is 0 Å². The summed E-state index contributed by atoms with van der Waals surface area (Å²) in [6, 6.07) is 7.07. The molecular weight excluding hydrogens is 163 g/mol. The van der Waals surface area contributed by atoms with Crippen LogP contribution in [0.1, 0.15) is 32.3 Å². The predicted molar refractivity (Wildman–Crippen MR) is 54.2 cm³/mol. The van der Waals surface area contributed by atoms with Crippen LogP contribution in [0.25, 0.3) is 0 Å². The van der Waals surface area contributed by atoms with E-state index in [0.29, 0.717) is 5.92 Å². The van der Waals surface area contributed by atoms with Gasteiger partial charge in [0.2, 0.25) is 0 Å². The Morgan fingerprint density at radius 3 is 2.31 bits per heavy atom. The molecule has 0 saturated heterocycles. The third-order valence-corrected chi connectivity index (χ3v) is 2.62. The Morgan fingerprint density at radius 2 is 1.77 bits per heavy atom. The zero-order valence-electron chi connectivity index (χ0n) is 8.39. The van der Waals surface area contributed by atoms with E-state index in [4.69, 9.17) is 0 Å². The van der Waals surface area contributed by atoms with Crippen molar-refractivity contribution < 1.29 is 4.39 Å². The van der Waals surface area contributed by atoms with Crippen LogP contribution in [0, 0.1) is 11.7 Å². The van der Waals surface area contributed by atoms with Gasteiger partial charge in [0.25, 0.3) is 0 Å². The molecule has 1 aromatic rings. The Labute approximate surface area is 79.8 Å². The first-order valence-electron chi connectivity index (χ1n) is 5.01. The van der Waals surface area contributed by atoms with Gasteiger partial charge in [0.1, 0.15) is 5.82 Å². The van der Waals surface area contributed by atoms with Gasteiger partial charge in [-0.2, -0.15) is 0 Å². The molecule has 0 bridgehead atoms. The SMILES string of the molecule is CCC(CC)Cc1ccccc1F. The molecule has 0 fully saturated rings. The summed E-state index contributed by atoms with van der Waals surface area (Å²) >= 11 is 0. The first-order valence-corrected chi connectivity index (χ1v) is 5.01.